The van der Waals surface area contributed by atoms with E-state index in [9.17, 15) is 39.9 Å². The van der Waals surface area contributed by atoms with Crippen LogP contribution in [0.15, 0.2) is 64.2 Å². The number of methoxy groups -OCH3 is 1. The van der Waals surface area contributed by atoms with Crippen molar-refractivity contribution in [2.75, 3.05) is 31.6 Å². The van der Waals surface area contributed by atoms with Crippen molar-refractivity contribution in [2.45, 2.75) is 34.6 Å². The number of rotatable bonds is 7. The number of ether oxygens (including phenoxy) is 1. The second-order valence-corrected chi connectivity index (χ2v) is 11.9. The second kappa shape index (κ2) is 10.6. The molecule has 1 aliphatic heterocycles. The zero-order chi connectivity index (χ0) is 28.6. The van der Waals surface area contributed by atoms with E-state index in [1.165, 1.54) is 17.5 Å². The van der Waals surface area contributed by atoms with Gasteiger partial charge in [0.15, 0.2) is 0 Å². The van der Waals surface area contributed by atoms with Crippen LogP contribution in [0.25, 0.3) is 0 Å². The number of sulfonamides is 1. The third-order valence-electron chi connectivity index (χ3n) is 6.41. The zero-order valence-corrected chi connectivity index (χ0v) is 21.9. The van der Waals surface area contributed by atoms with Gasteiger partial charge in [0.05, 0.1) is 7.11 Å². The number of benzene rings is 1. The summed E-state index contributed by atoms with van der Waals surface area (Å²) < 4.78 is 113. The van der Waals surface area contributed by atoms with Crippen LogP contribution in [-0.2, 0) is 22.0 Å². The summed E-state index contributed by atoms with van der Waals surface area (Å²) >= 11 is 1.06. The molecule has 212 valence electrons. The lowest BCUT2D eigenvalue weighted by Gasteiger charge is -2.42. The highest BCUT2D eigenvalue weighted by Gasteiger charge is 2.71. The summed E-state index contributed by atoms with van der Waals surface area (Å²) in [6.45, 7) is 0.108. The van der Waals surface area contributed by atoms with Crippen LogP contribution >= 0.6 is 11.3 Å². The molecule has 4 rings (SSSR count). The summed E-state index contributed by atoms with van der Waals surface area (Å²) in [6.07, 6.45) is -11.8. The van der Waals surface area contributed by atoms with E-state index >= 15 is 0 Å². The maximum absolute atomic E-state index is 13.3. The monoisotopic (exact) mass is 595 g/mol. The van der Waals surface area contributed by atoms with Crippen molar-refractivity contribution in [3.8, 4) is 5.88 Å². The quantitative estimate of drug-likeness (QED) is 0.403. The molecular formula is C24H23F6N3O4S2. The highest BCUT2D eigenvalue weighted by atomic mass is 32.2. The van der Waals surface area contributed by atoms with Gasteiger partial charge in [-0.2, -0.15) is 30.6 Å². The van der Waals surface area contributed by atoms with Gasteiger partial charge in [-0.15, -0.1) is 11.3 Å². The smallest absolute Gasteiger partial charge is 0.430 e. The third kappa shape index (κ3) is 5.58. The molecule has 3 aromatic rings. The Morgan fingerprint density at radius 3 is 2.23 bits per heavy atom. The molecule has 39 heavy (non-hydrogen) atoms. The number of anilines is 1. The van der Waals surface area contributed by atoms with E-state index in [0.717, 1.165) is 23.5 Å². The van der Waals surface area contributed by atoms with Crippen LogP contribution in [0, 0.1) is 0 Å². The first-order valence-corrected chi connectivity index (χ1v) is 13.8. The summed E-state index contributed by atoms with van der Waals surface area (Å²) in [4.78, 5) is 6.05. The fraction of sp³-hybridized carbons (Fsp3) is 0.375. The maximum atomic E-state index is 13.3. The van der Waals surface area contributed by atoms with Crippen molar-refractivity contribution in [1.82, 2.24) is 9.29 Å². The number of alkyl halides is 6. The summed E-state index contributed by atoms with van der Waals surface area (Å²) in [7, 11) is -2.39. The van der Waals surface area contributed by atoms with Gasteiger partial charge in [0.2, 0.25) is 5.88 Å². The average molecular weight is 596 g/mol. The van der Waals surface area contributed by atoms with E-state index in [-0.39, 0.29) is 36.0 Å². The Kier molecular flexibility index (Phi) is 7.91. The summed E-state index contributed by atoms with van der Waals surface area (Å²) in [5.41, 5.74) is -5.63. The fourth-order valence-electron chi connectivity index (χ4n) is 4.41. The fourth-order valence-corrected chi connectivity index (χ4v) is 7.02. The molecule has 1 aromatic carbocycles. The average Bonchev–Trinajstić information content (AvgIpc) is 3.43. The van der Waals surface area contributed by atoms with Crippen LogP contribution in [-0.4, -0.2) is 68.0 Å². The van der Waals surface area contributed by atoms with Gasteiger partial charge in [-0.25, -0.2) is 13.4 Å². The molecule has 1 aliphatic rings. The van der Waals surface area contributed by atoms with E-state index < -0.39 is 39.6 Å². The van der Waals surface area contributed by atoms with Crippen LogP contribution in [0.4, 0.5) is 32.0 Å². The minimum Gasteiger partial charge on any atom is -0.481 e. The Morgan fingerprint density at radius 2 is 1.67 bits per heavy atom. The summed E-state index contributed by atoms with van der Waals surface area (Å²) in [5.74, 6) is 0.320. The number of pyridine rings is 1. The van der Waals surface area contributed by atoms with E-state index in [2.05, 4.69) is 4.98 Å². The minimum atomic E-state index is -6.00. The normalized spacial score (nSPS) is 17.8. The van der Waals surface area contributed by atoms with Gasteiger partial charge in [-0.3, -0.25) is 0 Å². The van der Waals surface area contributed by atoms with Crippen molar-refractivity contribution < 1.29 is 44.6 Å². The molecule has 1 N–H and O–H groups in total. The highest BCUT2D eigenvalue weighted by molar-refractivity contribution is 7.91. The first kappa shape index (κ1) is 29.1. The largest absolute Gasteiger partial charge is 0.481 e. The number of piperazine rings is 1. The van der Waals surface area contributed by atoms with Gasteiger partial charge in [0.1, 0.15) is 4.21 Å². The predicted molar refractivity (Wildman–Crippen MR) is 131 cm³/mol. The van der Waals surface area contributed by atoms with Crippen LogP contribution in [0.5, 0.6) is 5.88 Å². The van der Waals surface area contributed by atoms with Crippen LogP contribution in [0.2, 0.25) is 0 Å². The SMILES string of the molecule is COc1cccc(CC2CN(S(=O)(=O)c3cccs3)CCN2c2ccc(C(O)(C(F)(F)F)C(F)(F)F)cc2)n1. The number of aromatic nitrogens is 1. The molecule has 15 heteroatoms. The molecular weight excluding hydrogens is 572 g/mol. The van der Waals surface area contributed by atoms with E-state index in [4.69, 9.17) is 4.74 Å². The molecule has 0 spiro atoms. The Labute approximate surface area is 224 Å². The summed E-state index contributed by atoms with van der Waals surface area (Å²) in [5, 5.41) is 11.3. The molecule has 1 saturated heterocycles. The topological polar surface area (TPSA) is 83.0 Å². The molecule has 0 amide bonds. The number of thiophene rings is 1. The number of halogens is 6. The molecule has 0 radical (unpaired) electrons. The van der Waals surface area contributed by atoms with Gasteiger partial charge in [0.25, 0.3) is 15.6 Å². The Hall–Kier alpha value is -2.88. The molecule has 7 nitrogen and oxygen atoms in total. The number of nitrogens with zero attached hydrogens (tertiary/aromatic N) is 3. The van der Waals surface area contributed by atoms with Crippen LogP contribution in [0.1, 0.15) is 11.3 Å². The minimum absolute atomic E-state index is 0.0179. The van der Waals surface area contributed by atoms with Crippen molar-refractivity contribution >= 4 is 27.0 Å². The van der Waals surface area contributed by atoms with Gasteiger partial charge >= 0.3 is 12.4 Å². The first-order valence-electron chi connectivity index (χ1n) is 11.4. The molecule has 3 heterocycles. The Bertz CT molecular complexity index is 1370. The van der Waals surface area contributed by atoms with Gasteiger partial charge in [-0.1, -0.05) is 24.3 Å². The van der Waals surface area contributed by atoms with E-state index in [0.29, 0.717) is 23.7 Å². The van der Waals surface area contributed by atoms with Crippen molar-refractivity contribution in [1.29, 1.82) is 0 Å². The van der Waals surface area contributed by atoms with Gasteiger partial charge < -0.3 is 14.7 Å². The zero-order valence-electron chi connectivity index (χ0n) is 20.3. The van der Waals surface area contributed by atoms with Crippen LogP contribution in [0.3, 0.4) is 0 Å². The molecule has 1 atom stereocenters. The van der Waals surface area contributed by atoms with Gasteiger partial charge in [0, 0.05) is 55.1 Å². The number of hydrogen-bond acceptors (Lipinski definition) is 7. The van der Waals surface area contributed by atoms with E-state index in [1.54, 1.807) is 34.5 Å². The first-order chi connectivity index (χ1) is 18.2. The standard InChI is InChI=1S/C24H23F6N3O4S2/c1-37-20-5-2-4-17(31-20)14-19-15-32(39(35,36)21-6-3-13-38-21)11-12-33(19)18-9-7-16(8-10-18)22(34,23(25,26)27)24(28,29)30/h2-10,13,19,34H,11-12,14-15H2,1H3. The van der Waals surface area contributed by atoms with Crippen molar-refractivity contribution in [3.63, 3.8) is 0 Å². The third-order valence-corrected chi connectivity index (χ3v) is 9.65. The predicted octanol–water partition coefficient (Wildman–Crippen LogP) is 4.59. The molecule has 1 unspecified atom stereocenters. The molecule has 1 fully saturated rings. The number of aliphatic hydroxyl groups is 1. The Balaban J connectivity index is 1.68. The molecule has 0 aliphatic carbocycles. The lowest BCUT2D eigenvalue weighted by Crippen LogP contribution is -2.56. The van der Waals surface area contributed by atoms with Gasteiger partial charge in [-0.05, 0) is 29.6 Å². The summed E-state index contributed by atoms with van der Waals surface area (Å²) in [6, 6.07) is 10.8. The molecule has 0 bridgehead atoms. The Morgan fingerprint density at radius 1 is 1.00 bits per heavy atom. The molecule has 0 saturated carbocycles. The van der Waals surface area contributed by atoms with Crippen molar-refractivity contribution in [3.05, 3.63) is 71.2 Å². The highest BCUT2D eigenvalue weighted by Crippen LogP contribution is 2.50. The number of hydrogen-bond donors (Lipinski definition) is 1. The molecule has 2 aromatic heterocycles. The lowest BCUT2D eigenvalue weighted by atomic mass is 9.92. The second-order valence-electron chi connectivity index (χ2n) is 8.77. The van der Waals surface area contributed by atoms with Crippen LogP contribution < -0.4 is 9.64 Å². The lowest BCUT2D eigenvalue weighted by molar-refractivity contribution is -0.376. The van der Waals surface area contributed by atoms with E-state index in [1.807, 2.05) is 0 Å². The van der Waals surface area contributed by atoms with Crippen molar-refractivity contribution in [2.24, 2.45) is 0 Å². The maximum Gasteiger partial charge on any atom is 0.430 e.